The first-order valence-electron chi connectivity index (χ1n) is 12.6. The van der Waals surface area contributed by atoms with E-state index in [-0.39, 0.29) is 16.8 Å². The van der Waals surface area contributed by atoms with Crippen molar-refractivity contribution in [3.8, 4) is 0 Å². The first-order chi connectivity index (χ1) is 18.1. The van der Waals surface area contributed by atoms with Gasteiger partial charge in [0.05, 0.1) is 29.1 Å². The molecule has 0 radical (unpaired) electrons. The molecule has 2 aromatic rings. The highest BCUT2D eigenvalue weighted by Gasteiger charge is 2.42. The molecular formula is C29H33N3O6. The molecule has 0 bridgehead atoms. The molecule has 0 aliphatic carbocycles. The summed E-state index contributed by atoms with van der Waals surface area (Å²) in [5, 5.41) is 14.6. The van der Waals surface area contributed by atoms with Gasteiger partial charge in [0, 0.05) is 49.6 Å². The van der Waals surface area contributed by atoms with Gasteiger partial charge in [0.2, 0.25) is 0 Å². The summed E-state index contributed by atoms with van der Waals surface area (Å²) in [7, 11) is 1.26. The number of nitro benzene ring substituents is 1. The van der Waals surface area contributed by atoms with Crippen LogP contribution in [0.25, 0.3) is 0 Å². The first kappa shape index (κ1) is 27.1. The van der Waals surface area contributed by atoms with Crippen molar-refractivity contribution in [2.75, 3.05) is 26.7 Å². The third kappa shape index (κ3) is 5.78. The highest BCUT2D eigenvalue weighted by molar-refractivity contribution is 6.00. The summed E-state index contributed by atoms with van der Waals surface area (Å²) in [6.07, 6.45) is 1.58. The summed E-state index contributed by atoms with van der Waals surface area (Å²) in [5.74, 6) is -2.06. The van der Waals surface area contributed by atoms with Gasteiger partial charge in [0.25, 0.3) is 5.69 Å². The molecule has 2 heterocycles. The van der Waals surface area contributed by atoms with Gasteiger partial charge in [-0.3, -0.25) is 15.0 Å². The van der Waals surface area contributed by atoms with Crippen molar-refractivity contribution in [3.63, 3.8) is 0 Å². The molecule has 38 heavy (non-hydrogen) atoms. The second-order valence-electron chi connectivity index (χ2n) is 10.1. The van der Waals surface area contributed by atoms with Crippen molar-refractivity contribution in [3.05, 3.63) is 98.4 Å². The van der Waals surface area contributed by atoms with Crippen LogP contribution in [-0.2, 0) is 25.5 Å². The number of nitrogens with zero attached hydrogens (tertiary/aromatic N) is 2. The van der Waals surface area contributed by atoms with Crippen LogP contribution in [-0.4, -0.2) is 54.1 Å². The Morgan fingerprint density at radius 3 is 2.42 bits per heavy atom. The van der Waals surface area contributed by atoms with Crippen molar-refractivity contribution in [1.29, 1.82) is 0 Å². The maximum atomic E-state index is 13.8. The zero-order valence-electron chi connectivity index (χ0n) is 22.2. The van der Waals surface area contributed by atoms with Gasteiger partial charge < -0.3 is 14.8 Å². The molecule has 0 spiro atoms. The molecule has 2 aliphatic heterocycles. The molecule has 9 heteroatoms. The maximum absolute atomic E-state index is 13.8. The highest BCUT2D eigenvalue weighted by Crippen LogP contribution is 2.41. The topological polar surface area (TPSA) is 111 Å². The molecule has 4 rings (SSSR count). The molecule has 1 N–H and O–H groups in total. The molecule has 2 unspecified atom stereocenters. The number of nitro groups is 1. The van der Waals surface area contributed by atoms with Crippen molar-refractivity contribution < 1.29 is 24.0 Å². The number of rotatable bonds is 8. The number of methoxy groups -OCH3 is 1. The third-order valence-corrected chi connectivity index (χ3v) is 7.21. The lowest BCUT2D eigenvalue weighted by Crippen LogP contribution is -2.39. The number of benzene rings is 2. The molecule has 1 saturated heterocycles. The Bertz CT molecular complexity index is 1300. The van der Waals surface area contributed by atoms with Gasteiger partial charge in [-0.05, 0) is 38.3 Å². The number of esters is 2. The van der Waals surface area contributed by atoms with Crippen molar-refractivity contribution in [1.82, 2.24) is 10.2 Å². The fourth-order valence-corrected chi connectivity index (χ4v) is 5.31. The van der Waals surface area contributed by atoms with E-state index in [9.17, 15) is 19.7 Å². The van der Waals surface area contributed by atoms with E-state index in [2.05, 4.69) is 22.3 Å². The van der Waals surface area contributed by atoms with Crippen LogP contribution >= 0.6 is 0 Å². The van der Waals surface area contributed by atoms with E-state index in [4.69, 9.17) is 9.47 Å². The van der Waals surface area contributed by atoms with Crippen LogP contribution in [0.1, 0.15) is 44.2 Å². The monoisotopic (exact) mass is 519 g/mol. The number of allylic oxidation sites excluding steroid dienone is 2. The van der Waals surface area contributed by atoms with E-state index < -0.39 is 28.4 Å². The highest BCUT2D eigenvalue weighted by atomic mass is 16.6. The lowest BCUT2D eigenvalue weighted by Gasteiger charge is -2.32. The Balaban J connectivity index is 1.59. The molecule has 0 aromatic heterocycles. The average Bonchev–Trinajstić information content (AvgIpc) is 3.27. The van der Waals surface area contributed by atoms with Crippen LogP contribution in [0.3, 0.4) is 0 Å². The fourth-order valence-electron chi connectivity index (χ4n) is 5.31. The Hall–Kier alpha value is -3.98. The minimum absolute atomic E-state index is 0.134. The Labute approximate surface area is 222 Å². The zero-order valence-corrected chi connectivity index (χ0v) is 22.2. The van der Waals surface area contributed by atoms with Crippen LogP contribution < -0.4 is 5.32 Å². The minimum atomic E-state index is -0.879. The summed E-state index contributed by atoms with van der Waals surface area (Å²) in [6, 6.07) is 16.2. The fraction of sp³-hybridized carbons (Fsp3) is 0.379. The number of carbonyl (C=O) groups is 2. The number of nitrogens with one attached hydrogen (secondary N) is 1. The quantitative estimate of drug-likeness (QED) is 0.313. The normalized spacial score (nSPS) is 21.7. The SMILES string of the molecule is COC(=O)C1=C(C)NC(C)=C(C(=O)OC2(C)CCN(CCc3ccccc3)C2)C1c1cccc([N+](=O)[O-])c1. The van der Waals surface area contributed by atoms with Gasteiger partial charge in [-0.25, -0.2) is 9.59 Å². The van der Waals surface area contributed by atoms with Gasteiger partial charge in [0.1, 0.15) is 5.60 Å². The molecule has 200 valence electrons. The Kier molecular flexibility index (Phi) is 7.97. The van der Waals surface area contributed by atoms with Crippen molar-refractivity contribution >= 4 is 17.6 Å². The van der Waals surface area contributed by atoms with Gasteiger partial charge in [-0.1, -0.05) is 42.5 Å². The van der Waals surface area contributed by atoms with E-state index in [1.54, 1.807) is 26.0 Å². The molecule has 2 aliphatic rings. The van der Waals surface area contributed by atoms with Crippen molar-refractivity contribution in [2.45, 2.75) is 45.1 Å². The summed E-state index contributed by atoms with van der Waals surface area (Å²) in [6.45, 7) is 7.61. The van der Waals surface area contributed by atoms with E-state index in [0.29, 0.717) is 29.9 Å². The molecule has 1 fully saturated rings. The minimum Gasteiger partial charge on any atom is -0.466 e. The Morgan fingerprint density at radius 1 is 1.08 bits per heavy atom. The van der Waals surface area contributed by atoms with Crippen LogP contribution in [0.5, 0.6) is 0 Å². The average molecular weight is 520 g/mol. The van der Waals surface area contributed by atoms with E-state index in [1.165, 1.54) is 24.8 Å². The van der Waals surface area contributed by atoms with E-state index >= 15 is 0 Å². The molecule has 2 atom stereocenters. The smallest absolute Gasteiger partial charge is 0.337 e. The predicted octanol–water partition coefficient (Wildman–Crippen LogP) is 4.25. The summed E-state index contributed by atoms with van der Waals surface area (Å²) < 4.78 is 11.2. The number of dihydropyridines is 1. The van der Waals surface area contributed by atoms with Crippen molar-refractivity contribution in [2.24, 2.45) is 0 Å². The van der Waals surface area contributed by atoms with Gasteiger partial charge in [-0.15, -0.1) is 0 Å². The summed E-state index contributed by atoms with van der Waals surface area (Å²) >= 11 is 0. The molecule has 9 nitrogen and oxygen atoms in total. The van der Waals surface area contributed by atoms with Gasteiger partial charge in [-0.2, -0.15) is 0 Å². The Morgan fingerprint density at radius 2 is 1.76 bits per heavy atom. The van der Waals surface area contributed by atoms with Crippen LogP contribution in [0.15, 0.2) is 77.1 Å². The number of non-ortho nitro benzene ring substituents is 1. The molecule has 0 amide bonds. The largest absolute Gasteiger partial charge is 0.466 e. The first-order valence-corrected chi connectivity index (χ1v) is 12.6. The number of ether oxygens (including phenoxy) is 2. The van der Waals surface area contributed by atoms with Gasteiger partial charge in [0.15, 0.2) is 0 Å². The third-order valence-electron chi connectivity index (χ3n) is 7.21. The van der Waals surface area contributed by atoms with Crippen LogP contribution in [0.4, 0.5) is 5.69 Å². The van der Waals surface area contributed by atoms with Crippen LogP contribution in [0.2, 0.25) is 0 Å². The predicted molar refractivity (Wildman–Crippen MR) is 142 cm³/mol. The maximum Gasteiger partial charge on any atom is 0.337 e. The second kappa shape index (κ2) is 11.2. The zero-order chi connectivity index (χ0) is 27.4. The molecule has 2 aromatic carbocycles. The summed E-state index contributed by atoms with van der Waals surface area (Å²) in [5.41, 5.74) is 2.34. The standard InChI is InChI=1S/C29H33N3O6/c1-19-24(27(33)37-4)26(22-11-8-12-23(17-22)32(35)36)25(20(2)30-19)28(34)38-29(3)14-16-31(18-29)15-13-21-9-6-5-7-10-21/h5-12,17,26,30H,13-16,18H2,1-4H3. The number of carbonyl (C=O) groups excluding carboxylic acids is 2. The molecule has 0 saturated carbocycles. The summed E-state index contributed by atoms with van der Waals surface area (Å²) in [4.78, 5) is 39.9. The number of hydrogen-bond acceptors (Lipinski definition) is 8. The van der Waals surface area contributed by atoms with Gasteiger partial charge >= 0.3 is 11.9 Å². The molecular weight excluding hydrogens is 486 g/mol. The lowest BCUT2D eigenvalue weighted by molar-refractivity contribution is -0.384. The van der Waals surface area contributed by atoms with E-state index in [1.807, 2.05) is 25.1 Å². The number of likely N-dealkylation sites (tertiary alicyclic amines) is 1. The number of hydrogen-bond donors (Lipinski definition) is 1. The van der Waals surface area contributed by atoms with E-state index in [0.717, 1.165) is 19.5 Å². The van der Waals surface area contributed by atoms with Crippen LogP contribution in [0, 0.1) is 10.1 Å². The lowest BCUT2D eigenvalue weighted by atomic mass is 9.80. The second-order valence-corrected chi connectivity index (χ2v) is 10.1.